The van der Waals surface area contributed by atoms with Crippen molar-refractivity contribution >= 4 is 17.5 Å². The Balaban J connectivity index is 1.95. The van der Waals surface area contributed by atoms with Crippen molar-refractivity contribution in [2.45, 2.75) is 12.3 Å². The van der Waals surface area contributed by atoms with E-state index < -0.39 is 23.8 Å². The van der Waals surface area contributed by atoms with Crippen LogP contribution in [0.25, 0.3) is 0 Å². The summed E-state index contributed by atoms with van der Waals surface area (Å²) in [6.07, 6.45) is -5.53. The van der Waals surface area contributed by atoms with Crippen molar-refractivity contribution in [3.63, 3.8) is 0 Å². The molecule has 0 aliphatic rings. The van der Waals surface area contributed by atoms with Gasteiger partial charge in [-0.1, -0.05) is 23.7 Å². The fourth-order valence-corrected chi connectivity index (χ4v) is 2.03. The van der Waals surface area contributed by atoms with Crippen LogP contribution in [0.1, 0.15) is 27.6 Å². The van der Waals surface area contributed by atoms with Crippen LogP contribution < -0.4 is 5.32 Å². The minimum atomic E-state index is -4.42. The third-order valence-corrected chi connectivity index (χ3v) is 3.44. The Labute approximate surface area is 135 Å². The molecule has 122 valence electrons. The van der Waals surface area contributed by atoms with Crippen LogP contribution in [0.3, 0.4) is 0 Å². The van der Waals surface area contributed by atoms with Crippen molar-refractivity contribution in [1.82, 2.24) is 5.32 Å². The highest BCUT2D eigenvalue weighted by atomic mass is 35.5. The van der Waals surface area contributed by atoms with Crippen LogP contribution >= 0.6 is 11.6 Å². The summed E-state index contributed by atoms with van der Waals surface area (Å²) in [7, 11) is 0. The lowest BCUT2D eigenvalue weighted by molar-refractivity contribution is -0.137. The van der Waals surface area contributed by atoms with Gasteiger partial charge < -0.3 is 10.4 Å². The molecule has 0 heterocycles. The normalized spacial score (nSPS) is 12.7. The third-order valence-electron chi connectivity index (χ3n) is 3.19. The summed E-state index contributed by atoms with van der Waals surface area (Å²) in [6.45, 7) is -0.118. The van der Waals surface area contributed by atoms with Gasteiger partial charge in [-0.15, -0.1) is 0 Å². The van der Waals surface area contributed by atoms with Gasteiger partial charge in [0, 0.05) is 17.1 Å². The van der Waals surface area contributed by atoms with Crippen molar-refractivity contribution in [3.8, 4) is 0 Å². The average molecular weight is 344 g/mol. The number of amides is 1. The van der Waals surface area contributed by atoms with Gasteiger partial charge in [0.15, 0.2) is 0 Å². The Morgan fingerprint density at radius 3 is 2.17 bits per heavy atom. The Morgan fingerprint density at radius 2 is 1.65 bits per heavy atom. The van der Waals surface area contributed by atoms with Crippen molar-refractivity contribution in [2.75, 3.05) is 6.54 Å². The van der Waals surface area contributed by atoms with Gasteiger partial charge in [-0.3, -0.25) is 4.79 Å². The maximum atomic E-state index is 12.5. The highest BCUT2D eigenvalue weighted by molar-refractivity contribution is 6.30. The summed E-state index contributed by atoms with van der Waals surface area (Å²) >= 11 is 5.72. The van der Waals surface area contributed by atoms with E-state index in [4.69, 9.17) is 11.6 Å². The van der Waals surface area contributed by atoms with Gasteiger partial charge in [-0.05, 0) is 42.0 Å². The smallest absolute Gasteiger partial charge is 0.387 e. The molecule has 2 N–H and O–H groups in total. The molecule has 0 fully saturated rings. The summed E-state index contributed by atoms with van der Waals surface area (Å²) in [5.41, 5.74) is -0.137. The number of aliphatic hydroxyl groups excluding tert-OH is 1. The lowest BCUT2D eigenvalue weighted by atomic mass is 10.1. The van der Waals surface area contributed by atoms with Crippen molar-refractivity contribution in [3.05, 3.63) is 70.2 Å². The third kappa shape index (κ3) is 4.71. The van der Waals surface area contributed by atoms with E-state index in [2.05, 4.69) is 5.32 Å². The summed E-state index contributed by atoms with van der Waals surface area (Å²) in [5.74, 6) is -0.410. The number of carbonyl (C=O) groups excluding carboxylic acids is 1. The minimum Gasteiger partial charge on any atom is -0.387 e. The second-order valence-electron chi connectivity index (χ2n) is 4.85. The van der Waals surface area contributed by atoms with Crippen molar-refractivity contribution in [2.24, 2.45) is 0 Å². The fourth-order valence-electron chi connectivity index (χ4n) is 1.90. The van der Waals surface area contributed by atoms with Gasteiger partial charge in [0.05, 0.1) is 11.7 Å². The van der Waals surface area contributed by atoms with Crippen LogP contribution in [-0.4, -0.2) is 17.6 Å². The van der Waals surface area contributed by atoms with E-state index in [0.717, 1.165) is 12.1 Å². The number of rotatable bonds is 4. The molecule has 0 saturated heterocycles. The number of hydrogen-bond acceptors (Lipinski definition) is 2. The molecule has 1 amide bonds. The number of alkyl halides is 3. The van der Waals surface area contributed by atoms with E-state index in [0.29, 0.717) is 10.6 Å². The van der Waals surface area contributed by atoms with E-state index in [-0.39, 0.29) is 12.1 Å². The lowest BCUT2D eigenvalue weighted by Crippen LogP contribution is -2.28. The van der Waals surface area contributed by atoms with Crippen LogP contribution in [0.4, 0.5) is 13.2 Å². The van der Waals surface area contributed by atoms with Crippen molar-refractivity contribution in [1.29, 1.82) is 0 Å². The first-order chi connectivity index (χ1) is 10.8. The summed E-state index contributed by atoms with van der Waals surface area (Å²) in [4.78, 5) is 11.9. The van der Waals surface area contributed by atoms with E-state index in [9.17, 15) is 23.1 Å². The van der Waals surface area contributed by atoms with Gasteiger partial charge >= 0.3 is 6.18 Å². The molecule has 0 aromatic heterocycles. The Hall–Kier alpha value is -2.05. The maximum absolute atomic E-state index is 12.5. The first-order valence-corrected chi connectivity index (χ1v) is 7.04. The number of aliphatic hydroxyl groups is 1. The molecular weight excluding hydrogens is 331 g/mol. The lowest BCUT2D eigenvalue weighted by Gasteiger charge is -2.13. The second-order valence-corrected chi connectivity index (χ2v) is 5.29. The predicted molar refractivity (Wildman–Crippen MR) is 80.2 cm³/mol. The molecule has 3 nitrogen and oxygen atoms in total. The summed E-state index contributed by atoms with van der Waals surface area (Å²) in [5, 5.41) is 12.9. The number of hydrogen-bond donors (Lipinski definition) is 2. The van der Waals surface area contributed by atoms with Crippen molar-refractivity contribution < 1.29 is 23.1 Å². The first-order valence-electron chi connectivity index (χ1n) is 6.66. The molecule has 7 heteroatoms. The molecule has 0 radical (unpaired) electrons. The molecule has 1 unspecified atom stereocenters. The molecular formula is C16H13ClF3NO2. The molecule has 2 rings (SSSR count). The monoisotopic (exact) mass is 343 g/mol. The van der Waals surface area contributed by atoms with Crippen LogP contribution in [-0.2, 0) is 6.18 Å². The topological polar surface area (TPSA) is 49.3 Å². The largest absolute Gasteiger partial charge is 0.416 e. The number of halogens is 4. The highest BCUT2D eigenvalue weighted by Crippen LogP contribution is 2.29. The van der Waals surface area contributed by atoms with Gasteiger partial charge in [0.2, 0.25) is 0 Å². The van der Waals surface area contributed by atoms with Crippen LogP contribution in [0.5, 0.6) is 0 Å². The number of carbonyl (C=O) groups is 1. The minimum absolute atomic E-state index is 0.118. The molecule has 2 aromatic carbocycles. The molecule has 0 aliphatic carbocycles. The van der Waals surface area contributed by atoms with Crippen LogP contribution in [0, 0.1) is 0 Å². The van der Waals surface area contributed by atoms with Gasteiger partial charge in [-0.2, -0.15) is 13.2 Å². The SMILES string of the molecule is O=C(NCC(O)c1ccc(C(F)(F)F)cc1)c1ccc(Cl)cc1. The molecule has 0 bridgehead atoms. The Kier molecular flexibility index (Phi) is 5.28. The second kappa shape index (κ2) is 7.02. The zero-order valence-corrected chi connectivity index (χ0v) is 12.5. The molecule has 1 atom stereocenters. The fraction of sp³-hybridized carbons (Fsp3) is 0.188. The summed E-state index contributed by atoms with van der Waals surface area (Å²) < 4.78 is 37.4. The van der Waals surface area contributed by atoms with Gasteiger partial charge in [0.1, 0.15) is 0 Å². The maximum Gasteiger partial charge on any atom is 0.416 e. The highest BCUT2D eigenvalue weighted by Gasteiger charge is 2.30. The van der Waals surface area contributed by atoms with Gasteiger partial charge in [-0.25, -0.2) is 0 Å². The van der Waals surface area contributed by atoms with Crippen LogP contribution in [0.2, 0.25) is 5.02 Å². The quantitative estimate of drug-likeness (QED) is 0.886. The van der Waals surface area contributed by atoms with E-state index in [1.165, 1.54) is 24.3 Å². The number of benzene rings is 2. The van der Waals surface area contributed by atoms with E-state index in [1.54, 1.807) is 12.1 Å². The number of nitrogens with one attached hydrogen (secondary N) is 1. The molecule has 2 aromatic rings. The zero-order chi connectivity index (χ0) is 17.0. The van der Waals surface area contributed by atoms with Crippen LogP contribution in [0.15, 0.2) is 48.5 Å². The Bertz CT molecular complexity index is 669. The predicted octanol–water partition coefficient (Wildman–Crippen LogP) is 3.82. The molecule has 0 spiro atoms. The van der Waals surface area contributed by atoms with Gasteiger partial charge in [0.25, 0.3) is 5.91 Å². The Morgan fingerprint density at radius 1 is 1.09 bits per heavy atom. The van der Waals surface area contributed by atoms with E-state index >= 15 is 0 Å². The first kappa shape index (κ1) is 17.3. The summed E-state index contributed by atoms with van der Waals surface area (Å²) in [6, 6.07) is 10.3. The molecule has 0 aliphatic heterocycles. The average Bonchev–Trinajstić information content (AvgIpc) is 2.52. The zero-order valence-electron chi connectivity index (χ0n) is 11.8. The standard InChI is InChI=1S/C16H13ClF3NO2/c17-13-7-3-11(4-8-13)15(23)21-9-14(22)10-1-5-12(6-2-10)16(18,19)20/h1-8,14,22H,9H2,(H,21,23). The molecule has 0 saturated carbocycles. The molecule has 23 heavy (non-hydrogen) atoms. The van der Waals surface area contributed by atoms with E-state index in [1.807, 2.05) is 0 Å².